The maximum atomic E-state index is 4.49. The number of hydrogen-bond donors (Lipinski definition) is 0. The summed E-state index contributed by atoms with van der Waals surface area (Å²) in [6, 6.07) is 31.8. The molecule has 0 unspecified atom stereocenters. The third-order valence-electron chi connectivity index (χ3n) is 3.19. The zero-order valence-electron chi connectivity index (χ0n) is 12.9. The molecule has 0 saturated heterocycles. The van der Waals surface area contributed by atoms with Crippen LogP contribution in [0.1, 0.15) is 11.1 Å². The van der Waals surface area contributed by atoms with Crippen molar-refractivity contribution in [2.75, 3.05) is 0 Å². The van der Waals surface area contributed by atoms with Crippen LogP contribution in [0.4, 0.5) is 0 Å². The van der Waals surface area contributed by atoms with Crippen LogP contribution in [0.3, 0.4) is 0 Å². The van der Waals surface area contributed by atoms with Gasteiger partial charge in [0.25, 0.3) is 0 Å². The Morgan fingerprint density at radius 3 is 1.46 bits per heavy atom. The van der Waals surface area contributed by atoms with Crippen LogP contribution >= 0.6 is 9.53 Å². The van der Waals surface area contributed by atoms with E-state index in [1.165, 1.54) is 20.1 Å². The molecule has 0 nitrogen and oxygen atoms in total. The van der Waals surface area contributed by atoms with E-state index in [1.54, 1.807) is 0 Å². The molecule has 0 amide bonds. The molecule has 0 aliphatic carbocycles. The van der Waals surface area contributed by atoms with E-state index < -0.39 is 0 Å². The van der Waals surface area contributed by atoms with Crippen LogP contribution in [0, 0.1) is 6.07 Å². The van der Waals surface area contributed by atoms with Crippen LogP contribution in [0.5, 0.6) is 0 Å². The Hall–Kier alpha value is -0.349. The quantitative estimate of drug-likeness (QED) is 0.323. The first-order valence-electron chi connectivity index (χ1n) is 7.38. The van der Waals surface area contributed by atoms with Gasteiger partial charge in [0, 0.05) is 0 Å². The van der Waals surface area contributed by atoms with Crippen LogP contribution in [-0.4, -0.2) is 29.9 Å². The van der Waals surface area contributed by atoms with E-state index in [-0.39, 0.29) is 0 Å². The second-order valence-corrected chi connectivity index (χ2v) is 9.31. The van der Waals surface area contributed by atoms with E-state index in [4.69, 9.17) is 0 Å². The van der Waals surface area contributed by atoms with Crippen molar-refractivity contribution in [3.8, 4) is 0 Å². The first-order valence-corrected chi connectivity index (χ1v) is 13.5. The molecule has 0 atom stereocenters. The van der Waals surface area contributed by atoms with Gasteiger partial charge in [-0.3, -0.25) is 0 Å². The zero-order valence-corrected chi connectivity index (χ0v) is 18.7. The van der Waals surface area contributed by atoms with Crippen LogP contribution in [0.2, 0.25) is 0 Å². The fourth-order valence-electron chi connectivity index (χ4n) is 2.09. The van der Waals surface area contributed by atoms with E-state index in [2.05, 4.69) is 113 Å². The van der Waals surface area contributed by atoms with Gasteiger partial charge in [0.05, 0.1) is 0 Å². The molecular formula is C20H17ClPdSe2. The van der Waals surface area contributed by atoms with E-state index in [0.717, 1.165) is 10.6 Å². The summed E-state index contributed by atoms with van der Waals surface area (Å²) in [5, 5.41) is 2.26. The molecule has 0 heterocycles. The van der Waals surface area contributed by atoms with Gasteiger partial charge in [0.2, 0.25) is 0 Å². The Morgan fingerprint density at radius 1 is 0.625 bits per heavy atom. The molecule has 0 radical (unpaired) electrons. The van der Waals surface area contributed by atoms with Gasteiger partial charge >= 0.3 is 173 Å². The third-order valence-corrected chi connectivity index (χ3v) is 7.64. The summed E-state index contributed by atoms with van der Waals surface area (Å²) >= 11 is 3.22. The second kappa shape index (κ2) is 12.1. The monoisotopic (exact) mass is 558 g/mol. The average Bonchev–Trinajstić information content (AvgIpc) is 2.68. The summed E-state index contributed by atoms with van der Waals surface area (Å²) in [4.78, 5) is 0. The average molecular weight is 557 g/mol. The van der Waals surface area contributed by atoms with Crippen molar-refractivity contribution in [3.05, 3.63) is 96.1 Å². The predicted octanol–water partition coefficient (Wildman–Crippen LogP) is 3.23. The Balaban J connectivity index is 0.00000100. The molecule has 3 aromatic carbocycles. The van der Waals surface area contributed by atoms with Crippen LogP contribution in [0.25, 0.3) is 0 Å². The number of hydrogen-bond acceptors (Lipinski definition) is 0. The third kappa shape index (κ3) is 7.26. The summed E-state index contributed by atoms with van der Waals surface area (Å²) in [7, 11) is 4.49. The summed E-state index contributed by atoms with van der Waals surface area (Å²) in [6.45, 7) is 0. The van der Waals surface area contributed by atoms with Crippen LogP contribution < -0.4 is 8.92 Å². The molecule has 24 heavy (non-hydrogen) atoms. The minimum absolute atomic E-state index is 0.501. The van der Waals surface area contributed by atoms with E-state index in [9.17, 15) is 0 Å². The minimum atomic E-state index is 0.501. The summed E-state index contributed by atoms with van der Waals surface area (Å²) < 4.78 is 2.92. The van der Waals surface area contributed by atoms with Gasteiger partial charge in [-0.25, -0.2) is 0 Å². The SMILES string of the molecule is [Cl][Pd+].[c-]1c(C[Se]c2ccccc2)cccc1C[Se]c1ccccc1. The van der Waals surface area contributed by atoms with E-state index in [1.807, 2.05) is 0 Å². The van der Waals surface area contributed by atoms with Crippen LogP contribution in [0.15, 0.2) is 78.9 Å². The molecule has 3 rings (SSSR count). The van der Waals surface area contributed by atoms with Crippen molar-refractivity contribution < 1.29 is 18.2 Å². The van der Waals surface area contributed by atoms with E-state index >= 15 is 0 Å². The standard InChI is InChI=1S/C20H17Se2.ClH.Pd/c1-3-10-19(11-4-1)21-15-17-8-7-9-18(14-17)16-22-20-12-5-2-6-13-20;;/h1-13H,15-16H2;1H;/q-1;;+2/p-1. The molecule has 0 N–H and O–H groups in total. The molecule has 0 aliphatic rings. The first-order chi connectivity index (χ1) is 11.9. The second-order valence-electron chi connectivity index (χ2n) is 4.90. The predicted molar refractivity (Wildman–Crippen MR) is 102 cm³/mol. The number of halogens is 1. The molecule has 4 heteroatoms. The molecule has 0 fully saturated rings. The van der Waals surface area contributed by atoms with Crippen molar-refractivity contribution in [1.29, 1.82) is 0 Å². The van der Waals surface area contributed by atoms with Gasteiger partial charge in [-0.1, -0.05) is 0 Å². The topological polar surface area (TPSA) is 0 Å². The van der Waals surface area contributed by atoms with Crippen molar-refractivity contribution in [2.24, 2.45) is 0 Å². The Kier molecular flexibility index (Phi) is 10.0. The van der Waals surface area contributed by atoms with Crippen molar-refractivity contribution in [1.82, 2.24) is 0 Å². The van der Waals surface area contributed by atoms with Crippen molar-refractivity contribution >= 4 is 48.4 Å². The van der Waals surface area contributed by atoms with Gasteiger partial charge in [-0.2, -0.15) is 0 Å². The van der Waals surface area contributed by atoms with Gasteiger partial charge in [-0.05, 0) is 0 Å². The van der Waals surface area contributed by atoms with Gasteiger partial charge < -0.3 is 0 Å². The molecular weight excluding hydrogens is 540 g/mol. The molecule has 0 saturated carbocycles. The zero-order chi connectivity index (χ0) is 17.0. The van der Waals surface area contributed by atoms with Crippen molar-refractivity contribution in [2.45, 2.75) is 10.6 Å². The van der Waals surface area contributed by atoms with E-state index in [0.29, 0.717) is 29.9 Å². The Bertz CT molecular complexity index is 646. The Morgan fingerprint density at radius 2 is 1.04 bits per heavy atom. The molecule has 0 spiro atoms. The van der Waals surface area contributed by atoms with Gasteiger partial charge in [0.15, 0.2) is 0 Å². The molecule has 0 aromatic heterocycles. The fourth-order valence-corrected chi connectivity index (χ4v) is 5.62. The molecule has 3 aromatic rings. The normalized spacial score (nSPS) is 9.96. The number of rotatable bonds is 6. The number of benzene rings is 3. The summed E-state index contributed by atoms with van der Waals surface area (Å²) in [5.41, 5.74) is 2.70. The molecule has 126 valence electrons. The van der Waals surface area contributed by atoms with Crippen molar-refractivity contribution in [3.63, 3.8) is 0 Å². The molecule has 0 aliphatic heterocycles. The molecule has 0 bridgehead atoms. The van der Waals surface area contributed by atoms with Gasteiger partial charge in [-0.15, -0.1) is 0 Å². The van der Waals surface area contributed by atoms with Gasteiger partial charge in [0.1, 0.15) is 0 Å². The Labute approximate surface area is 172 Å². The summed E-state index contributed by atoms with van der Waals surface area (Å²) in [5.74, 6) is 0. The maximum absolute atomic E-state index is 4.49. The fraction of sp³-hybridized carbons (Fsp3) is 0.100. The summed E-state index contributed by atoms with van der Waals surface area (Å²) in [6.07, 6.45) is 0. The first kappa shape index (κ1) is 20.0. The van der Waals surface area contributed by atoms with Crippen LogP contribution in [-0.2, 0) is 28.8 Å².